The molecular weight excluding hydrogens is 432 g/mol. The van der Waals surface area contributed by atoms with Crippen LogP contribution in [0, 0.1) is 0 Å². The maximum atomic E-state index is 8.96. The molecule has 0 aromatic heterocycles. The zero-order valence-corrected chi connectivity index (χ0v) is 17.1. The molecule has 0 aliphatic carbocycles. The number of aryl methyl sites for hydroxylation is 2. The Morgan fingerprint density at radius 2 is 1.17 bits per heavy atom. The summed E-state index contributed by atoms with van der Waals surface area (Å²) in [7, 11) is 0. The van der Waals surface area contributed by atoms with E-state index in [2.05, 4.69) is 56.1 Å². The molecule has 0 heterocycles. The van der Waals surface area contributed by atoms with Gasteiger partial charge in [0.2, 0.25) is 0 Å². The van der Waals surface area contributed by atoms with Crippen LogP contribution in [0.1, 0.15) is 35.1 Å². The van der Waals surface area contributed by atoms with Gasteiger partial charge in [0, 0.05) is 17.3 Å². The summed E-state index contributed by atoms with van der Waals surface area (Å²) >= 11 is 6.93. The summed E-state index contributed by atoms with van der Waals surface area (Å²) in [5.74, 6) is 0. The van der Waals surface area contributed by atoms with E-state index < -0.39 is 0 Å². The number of aliphatic hydroxyl groups is 2. The van der Waals surface area contributed by atoms with E-state index in [1.165, 1.54) is 24.0 Å². The fraction of sp³-hybridized carbons (Fsp3) is 0.400. The topological polar surface area (TPSA) is 40.5 Å². The second kappa shape index (κ2) is 13.6. The summed E-state index contributed by atoms with van der Waals surface area (Å²) in [5, 5.41) is 19.6. The number of aliphatic hydroxyl groups excluding tert-OH is 2. The van der Waals surface area contributed by atoms with Crippen LogP contribution in [-0.2, 0) is 24.8 Å². The van der Waals surface area contributed by atoms with Crippen LogP contribution in [0.4, 0.5) is 0 Å². The van der Waals surface area contributed by atoms with Gasteiger partial charge < -0.3 is 10.2 Å². The summed E-state index contributed by atoms with van der Waals surface area (Å²) in [6, 6.07) is 16.3. The SMILES string of the molecule is BrCCCc1ccccc1CBr.OCCCc1ccccc1CO. The monoisotopic (exact) mass is 456 g/mol. The molecule has 2 nitrogen and oxygen atoms in total. The lowest BCUT2D eigenvalue weighted by molar-refractivity contribution is 0.276. The number of halogens is 2. The molecule has 0 radical (unpaired) electrons. The fourth-order valence-corrected chi connectivity index (χ4v) is 3.24. The number of rotatable bonds is 8. The first-order chi connectivity index (χ1) is 11.8. The number of benzene rings is 2. The minimum absolute atomic E-state index is 0.0849. The van der Waals surface area contributed by atoms with Crippen molar-refractivity contribution in [2.45, 2.75) is 37.6 Å². The lowest BCUT2D eigenvalue weighted by atomic mass is 10.0. The van der Waals surface area contributed by atoms with Crippen molar-refractivity contribution in [2.24, 2.45) is 0 Å². The van der Waals surface area contributed by atoms with Crippen LogP contribution < -0.4 is 0 Å². The highest BCUT2D eigenvalue weighted by molar-refractivity contribution is 9.09. The number of alkyl halides is 2. The van der Waals surface area contributed by atoms with Crippen LogP contribution in [-0.4, -0.2) is 22.2 Å². The molecule has 0 atom stereocenters. The molecule has 2 aromatic rings. The summed E-state index contributed by atoms with van der Waals surface area (Å²) in [6.07, 6.45) is 3.99. The van der Waals surface area contributed by atoms with Crippen molar-refractivity contribution in [1.29, 1.82) is 0 Å². The van der Waals surface area contributed by atoms with Gasteiger partial charge >= 0.3 is 0 Å². The van der Waals surface area contributed by atoms with Crippen molar-refractivity contribution in [1.82, 2.24) is 0 Å². The highest BCUT2D eigenvalue weighted by Gasteiger charge is 1.99. The first-order valence-electron chi connectivity index (χ1n) is 8.24. The van der Waals surface area contributed by atoms with Crippen molar-refractivity contribution in [3.05, 3.63) is 70.8 Å². The molecule has 0 unspecified atom stereocenters. The lowest BCUT2D eigenvalue weighted by Crippen LogP contribution is -1.95. The van der Waals surface area contributed by atoms with Gasteiger partial charge in [-0.1, -0.05) is 80.4 Å². The highest BCUT2D eigenvalue weighted by atomic mass is 79.9. The minimum Gasteiger partial charge on any atom is -0.396 e. The van der Waals surface area contributed by atoms with Gasteiger partial charge in [-0.3, -0.25) is 0 Å². The van der Waals surface area contributed by atoms with E-state index in [1.807, 2.05) is 24.3 Å². The van der Waals surface area contributed by atoms with E-state index in [-0.39, 0.29) is 13.2 Å². The summed E-state index contributed by atoms with van der Waals surface area (Å²) < 4.78 is 0. The van der Waals surface area contributed by atoms with Gasteiger partial charge in [0.1, 0.15) is 0 Å². The van der Waals surface area contributed by atoms with E-state index in [9.17, 15) is 0 Å². The van der Waals surface area contributed by atoms with Crippen LogP contribution in [0.25, 0.3) is 0 Å². The molecule has 0 aliphatic heterocycles. The molecule has 24 heavy (non-hydrogen) atoms. The molecule has 4 heteroatoms. The van der Waals surface area contributed by atoms with Crippen LogP contribution in [0.2, 0.25) is 0 Å². The van der Waals surface area contributed by atoms with Gasteiger partial charge in [0.15, 0.2) is 0 Å². The second-order valence-corrected chi connectivity index (χ2v) is 6.80. The lowest BCUT2D eigenvalue weighted by Gasteiger charge is -2.04. The Balaban J connectivity index is 0.000000240. The van der Waals surface area contributed by atoms with Crippen LogP contribution in [0.5, 0.6) is 0 Å². The van der Waals surface area contributed by atoms with Gasteiger partial charge in [-0.05, 0) is 47.9 Å². The van der Waals surface area contributed by atoms with E-state index in [4.69, 9.17) is 10.2 Å². The Morgan fingerprint density at radius 3 is 1.67 bits per heavy atom. The Labute approximate surface area is 162 Å². The predicted molar refractivity (Wildman–Crippen MR) is 109 cm³/mol. The smallest absolute Gasteiger partial charge is 0.0684 e. The Bertz CT molecular complexity index is 522. The predicted octanol–water partition coefficient (Wildman–Crippen LogP) is 5.01. The third kappa shape index (κ3) is 7.93. The standard InChI is InChI=1S/C10H12Br2.C10H14O2/c2*11-7-3-6-9-4-1-2-5-10(9)8-12/h1-2,4-5H,3,6-8H2;1-2,4-5,11-12H,3,6-8H2. The number of hydrogen-bond acceptors (Lipinski definition) is 2. The first-order valence-corrected chi connectivity index (χ1v) is 10.5. The van der Waals surface area contributed by atoms with Crippen molar-refractivity contribution >= 4 is 31.9 Å². The molecule has 0 spiro atoms. The largest absolute Gasteiger partial charge is 0.396 e. The van der Waals surface area contributed by atoms with Crippen LogP contribution in [0.15, 0.2) is 48.5 Å². The maximum Gasteiger partial charge on any atom is 0.0684 e. The molecule has 132 valence electrons. The first kappa shape index (κ1) is 21.4. The third-order valence-electron chi connectivity index (χ3n) is 3.74. The normalized spacial score (nSPS) is 10.2. The van der Waals surface area contributed by atoms with Crippen molar-refractivity contribution in [3.8, 4) is 0 Å². The molecular formula is C20H26Br2O2. The Hall–Kier alpha value is -0.680. The average Bonchev–Trinajstić information content (AvgIpc) is 2.65. The summed E-state index contributed by atoms with van der Waals surface area (Å²) in [5.41, 5.74) is 4.98. The molecule has 0 aliphatic rings. The molecule has 2 aromatic carbocycles. The van der Waals surface area contributed by atoms with Gasteiger partial charge in [0.05, 0.1) is 6.61 Å². The van der Waals surface area contributed by atoms with Gasteiger partial charge in [-0.25, -0.2) is 0 Å². The van der Waals surface area contributed by atoms with Crippen molar-refractivity contribution in [3.63, 3.8) is 0 Å². The van der Waals surface area contributed by atoms with Crippen LogP contribution in [0.3, 0.4) is 0 Å². The quantitative estimate of drug-likeness (QED) is 0.546. The molecule has 0 bridgehead atoms. The minimum atomic E-state index is 0.0849. The summed E-state index contributed by atoms with van der Waals surface area (Å²) in [4.78, 5) is 0. The zero-order valence-electron chi connectivity index (χ0n) is 13.9. The van der Waals surface area contributed by atoms with Gasteiger partial charge in [-0.15, -0.1) is 0 Å². The third-order valence-corrected chi connectivity index (χ3v) is 4.90. The molecule has 0 amide bonds. The fourth-order valence-electron chi connectivity index (χ4n) is 2.41. The van der Waals surface area contributed by atoms with E-state index in [0.717, 1.165) is 34.6 Å². The van der Waals surface area contributed by atoms with E-state index in [1.54, 1.807) is 0 Å². The van der Waals surface area contributed by atoms with E-state index >= 15 is 0 Å². The Kier molecular flexibility index (Phi) is 12.1. The van der Waals surface area contributed by atoms with Crippen molar-refractivity contribution in [2.75, 3.05) is 11.9 Å². The average molecular weight is 458 g/mol. The maximum absolute atomic E-state index is 8.96. The van der Waals surface area contributed by atoms with E-state index in [0.29, 0.717) is 0 Å². The number of hydrogen-bond donors (Lipinski definition) is 2. The molecule has 0 fully saturated rings. The second-order valence-electron chi connectivity index (χ2n) is 5.45. The Morgan fingerprint density at radius 1 is 0.667 bits per heavy atom. The molecule has 0 saturated heterocycles. The van der Waals surface area contributed by atoms with Crippen molar-refractivity contribution < 1.29 is 10.2 Å². The summed E-state index contributed by atoms with van der Waals surface area (Å²) in [6.45, 7) is 0.293. The molecule has 2 rings (SSSR count). The van der Waals surface area contributed by atoms with Crippen LogP contribution >= 0.6 is 31.9 Å². The highest BCUT2D eigenvalue weighted by Crippen LogP contribution is 2.14. The molecule has 2 N–H and O–H groups in total. The van der Waals surface area contributed by atoms with Gasteiger partial charge in [-0.2, -0.15) is 0 Å². The zero-order chi connectivity index (χ0) is 17.6. The molecule has 0 saturated carbocycles. The van der Waals surface area contributed by atoms with Gasteiger partial charge in [0.25, 0.3) is 0 Å².